The standard InChI is InChI=1S/C16H19F2NO3S/c17-16(18)23(21,22)14-8-6-13(7-9-14)15(20)19-11-10-12-4-2-1-3-5-12/h4,6-9,16H,1-3,5,10-11H2,(H,19,20). The van der Waals surface area contributed by atoms with Crippen LogP contribution in [0.1, 0.15) is 42.5 Å². The Kier molecular flexibility index (Phi) is 5.87. The van der Waals surface area contributed by atoms with Crippen LogP contribution in [-0.2, 0) is 9.84 Å². The minimum absolute atomic E-state index is 0.246. The zero-order valence-corrected chi connectivity index (χ0v) is 13.4. The van der Waals surface area contributed by atoms with Crippen molar-refractivity contribution < 1.29 is 22.0 Å². The summed E-state index contributed by atoms with van der Waals surface area (Å²) in [5, 5.41) is 2.75. The molecule has 7 heteroatoms. The molecule has 0 saturated carbocycles. The van der Waals surface area contributed by atoms with Crippen molar-refractivity contribution >= 4 is 15.7 Å². The van der Waals surface area contributed by atoms with E-state index >= 15 is 0 Å². The molecule has 0 radical (unpaired) electrons. The third kappa shape index (κ3) is 4.60. The second-order valence-electron chi connectivity index (χ2n) is 5.44. The highest BCUT2D eigenvalue weighted by atomic mass is 32.2. The van der Waals surface area contributed by atoms with Crippen LogP contribution >= 0.6 is 0 Å². The molecule has 0 fully saturated rings. The molecular formula is C16H19F2NO3S. The van der Waals surface area contributed by atoms with Crippen LogP contribution in [0, 0.1) is 0 Å². The number of amides is 1. The highest BCUT2D eigenvalue weighted by molar-refractivity contribution is 7.91. The van der Waals surface area contributed by atoms with E-state index in [-0.39, 0.29) is 11.5 Å². The van der Waals surface area contributed by atoms with E-state index in [2.05, 4.69) is 11.4 Å². The minimum Gasteiger partial charge on any atom is -0.352 e. The van der Waals surface area contributed by atoms with Gasteiger partial charge in [-0.2, -0.15) is 8.78 Å². The number of carbonyl (C=O) groups excluding carboxylic acids is 1. The van der Waals surface area contributed by atoms with E-state index in [0.29, 0.717) is 6.54 Å². The summed E-state index contributed by atoms with van der Waals surface area (Å²) < 4.78 is 47.5. The van der Waals surface area contributed by atoms with Gasteiger partial charge >= 0.3 is 5.76 Å². The fourth-order valence-electron chi connectivity index (χ4n) is 2.47. The van der Waals surface area contributed by atoms with Gasteiger partial charge in [0, 0.05) is 12.1 Å². The number of hydrogen-bond donors (Lipinski definition) is 1. The molecule has 23 heavy (non-hydrogen) atoms. The summed E-state index contributed by atoms with van der Waals surface area (Å²) in [5.74, 6) is -3.81. The largest absolute Gasteiger partial charge is 0.352 e. The van der Waals surface area contributed by atoms with E-state index in [9.17, 15) is 22.0 Å². The van der Waals surface area contributed by atoms with Crippen LogP contribution in [0.2, 0.25) is 0 Å². The molecule has 0 saturated heterocycles. The molecule has 0 aliphatic heterocycles. The summed E-state index contributed by atoms with van der Waals surface area (Å²) in [4.78, 5) is 11.5. The van der Waals surface area contributed by atoms with Gasteiger partial charge in [0.2, 0.25) is 9.84 Å². The van der Waals surface area contributed by atoms with Crippen molar-refractivity contribution in [1.82, 2.24) is 5.32 Å². The summed E-state index contributed by atoms with van der Waals surface area (Å²) in [6.07, 6.45) is 7.55. The van der Waals surface area contributed by atoms with E-state index in [1.807, 2.05) is 0 Å². The van der Waals surface area contributed by atoms with Crippen LogP contribution in [0.3, 0.4) is 0 Å². The highest BCUT2D eigenvalue weighted by Crippen LogP contribution is 2.20. The zero-order valence-electron chi connectivity index (χ0n) is 12.6. The van der Waals surface area contributed by atoms with Gasteiger partial charge in [0.25, 0.3) is 5.91 Å². The van der Waals surface area contributed by atoms with Gasteiger partial charge in [-0.15, -0.1) is 0 Å². The van der Waals surface area contributed by atoms with Crippen molar-refractivity contribution in [3.63, 3.8) is 0 Å². The fourth-order valence-corrected chi connectivity index (χ4v) is 3.19. The monoisotopic (exact) mass is 343 g/mol. The Morgan fingerprint density at radius 1 is 1.17 bits per heavy atom. The van der Waals surface area contributed by atoms with Crippen LogP contribution in [-0.4, -0.2) is 26.6 Å². The maximum absolute atomic E-state index is 12.4. The second kappa shape index (κ2) is 7.68. The lowest BCUT2D eigenvalue weighted by Crippen LogP contribution is -2.25. The Bertz CT molecular complexity index is 682. The average molecular weight is 343 g/mol. The molecule has 0 spiro atoms. The predicted molar refractivity (Wildman–Crippen MR) is 83.1 cm³/mol. The minimum atomic E-state index is -4.62. The average Bonchev–Trinajstić information content (AvgIpc) is 2.55. The highest BCUT2D eigenvalue weighted by Gasteiger charge is 2.26. The lowest BCUT2D eigenvalue weighted by atomic mass is 9.97. The van der Waals surface area contributed by atoms with Crippen molar-refractivity contribution in [2.24, 2.45) is 0 Å². The fraction of sp³-hybridized carbons (Fsp3) is 0.438. The van der Waals surface area contributed by atoms with Gasteiger partial charge in [-0.25, -0.2) is 8.42 Å². The molecule has 4 nitrogen and oxygen atoms in total. The first-order valence-electron chi connectivity index (χ1n) is 7.49. The molecule has 0 bridgehead atoms. The molecule has 0 heterocycles. The Balaban J connectivity index is 1.91. The first-order chi connectivity index (χ1) is 10.9. The van der Waals surface area contributed by atoms with Gasteiger partial charge in [0.15, 0.2) is 0 Å². The number of benzene rings is 1. The molecule has 1 aromatic rings. The number of allylic oxidation sites excluding steroid dienone is 1. The lowest BCUT2D eigenvalue weighted by Gasteiger charge is -2.13. The van der Waals surface area contributed by atoms with Crippen molar-refractivity contribution in [2.75, 3.05) is 6.54 Å². The van der Waals surface area contributed by atoms with Gasteiger partial charge in [-0.1, -0.05) is 11.6 Å². The van der Waals surface area contributed by atoms with Crippen molar-refractivity contribution in [3.8, 4) is 0 Å². The zero-order chi connectivity index (χ0) is 16.9. The predicted octanol–water partition coefficient (Wildman–Crippen LogP) is 3.30. The Hall–Kier alpha value is -1.76. The maximum atomic E-state index is 12.4. The SMILES string of the molecule is O=C(NCCC1=CCCCC1)c1ccc(S(=O)(=O)C(F)F)cc1. The molecule has 1 aliphatic carbocycles. The van der Waals surface area contributed by atoms with Crippen molar-refractivity contribution in [1.29, 1.82) is 0 Å². The third-order valence-electron chi connectivity index (χ3n) is 3.80. The second-order valence-corrected chi connectivity index (χ2v) is 7.36. The van der Waals surface area contributed by atoms with E-state index in [4.69, 9.17) is 0 Å². The number of nitrogens with one attached hydrogen (secondary N) is 1. The summed E-state index contributed by atoms with van der Waals surface area (Å²) in [6.45, 7) is 0.502. The number of halogens is 2. The molecule has 1 aliphatic rings. The number of sulfone groups is 1. The lowest BCUT2D eigenvalue weighted by molar-refractivity contribution is 0.0954. The number of rotatable bonds is 6. The molecular weight excluding hydrogens is 324 g/mol. The topological polar surface area (TPSA) is 63.2 Å². The van der Waals surface area contributed by atoms with Crippen LogP contribution in [0.25, 0.3) is 0 Å². The summed E-state index contributed by atoms with van der Waals surface area (Å²) in [6, 6.07) is 4.54. The molecule has 0 unspecified atom stereocenters. The summed E-state index contributed by atoms with van der Waals surface area (Å²) >= 11 is 0. The molecule has 0 aromatic heterocycles. The molecule has 0 atom stereocenters. The van der Waals surface area contributed by atoms with E-state index in [1.165, 1.54) is 30.5 Å². The van der Waals surface area contributed by atoms with E-state index < -0.39 is 20.5 Å². The van der Waals surface area contributed by atoms with Crippen molar-refractivity contribution in [3.05, 3.63) is 41.5 Å². The normalized spacial score (nSPS) is 15.3. The van der Waals surface area contributed by atoms with Gasteiger partial charge in [-0.3, -0.25) is 4.79 Å². The Morgan fingerprint density at radius 2 is 1.87 bits per heavy atom. The van der Waals surface area contributed by atoms with E-state index in [0.717, 1.165) is 31.4 Å². The molecule has 1 amide bonds. The van der Waals surface area contributed by atoms with E-state index in [1.54, 1.807) is 0 Å². The molecule has 1 aromatic carbocycles. The molecule has 1 N–H and O–H groups in total. The van der Waals surface area contributed by atoms with Gasteiger partial charge in [0.05, 0.1) is 4.90 Å². The van der Waals surface area contributed by atoms with Crippen LogP contribution in [0.15, 0.2) is 40.8 Å². The smallest absolute Gasteiger partial charge is 0.341 e. The Morgan fingerprint density at radius 3 is 2.43 bits per heavy atom. The van der Waals surface area contributed by atoms with Crippen molar-refractivity contribution in [2.45, 2.75) is 42.8 Å². The first kappa shape index (κ1) is 17.6. The van der Waals surface area contributed by atoms with Gasteiger partial charge in [0.1, 0.15) is 0 Å². The first-order valence-corrected chi connectivity index (χ1v) is 9.04. The molecule has 126 valence electrons. The summed E-state index contributed by atoms with van der Waals surface area (Å²) in [7, 11) is -4.62. The molecule has 2 rings (SSSR count). The van der Waals surface area contributed by atoms with Gasteiger partial charge in [-0.05, 0) is 56.4 Å². The summed E-state index contributed by atoms with van der Waals surface area (Å²) in [5.41, 5.74) is 1.59. The third-order valence-corrected chi connectivity index (χ3v) is 5.19. The quantitative estimate of drug-likeness (QED) is 0.806. The number of carbonyl (C=O) groups is 1. The van der Waals surface area contributed by atoms with Crippen LogP contribution < -0.4 is 5.32 Å². The van der Waals surface area contributed by atoms with Gasteiger partial charge < -0.3 is 5.32 Å². The maximum Gasteiger partial charge on any atom is 0.341 e. The van der Waals surface area contributed by atoms with Crippen LogP contribution in [0.4, 0.5) is 8.78 Å². The number of alkyl halides is 2. The number of hydrogen-bond acceptors (Lipinski definition) is 3. The van der Waals surface area contributed by atoms with Crippen LogP contribution in [0.5, 0.6) is 0 Å². The Labute approximate surface area is 134 Å².